The lowest BCUT2D eigenvalue weighted by Crippen LogP contribution is -1.99. The van der Waals surface area contributed by atoms with E-state index in [1.54, 1.807) is 23.1 Å². The van der Waals surface area contributed by atoms with Crippen LogP contribution in [0.4, 0.5) is 5.13 Å². The summed E-state index contributed by atoms with van der Waals surface area (Å²) in [6.07, 6.45) is 2.54. The predicted molar refractivity (Wildman–Crippen MR) is 63.8 cm³/mol. The summed E-state index contributed by atoms with van der Waals surface area (Å²) < 4.78 is 6.28. The van der Waals surface area contributed by atoms with E-state index in [1.807, 2.05) is 6.92 Å². The van der Waals surface area contributed by atoms with Gasteiger partial charge in [-0.15, -0.1) is 10.2 Å². The molecule has 4 nitrogen and oxygen atoms in total. The van der Waals surface area contributed by atoms with Crippen LogP contribution in [0, 0.1) is 0 Å². The van der Waals surface area contributed by atoms with Gasteiger partial charge in [-0.1, -0.05) is 23.1 Å². The highest BCUT2D eigenvalue weighted by atomic mass is 32.2. The van der Waals surface area contributed by atoms with Crippen LogP contribution in [0.2, 0.25) is 0 Å². The van der Waals surface area contributed by atoms with E-state index in [9.17, 15) is 0 Å². The van der Waals surface area contributed by atoms with E-state index >= 15 is 0 Å². The van der Waals surface area contributed by atoms with Gasteiger partial charge in [-0.25, -0.2) is 0 Å². The molecule has 1 aliphatic rings. The van der Waals surface area contributed by atoms with Crippen LogP contribution in [0.15, 0.2) is 4.34 Å². The molecule has 0 radical (unpaired) electrons. The zero-order valence-corrected chi connectivity index (χ0v) is 10.4. The van der Waals surface area contributed by atoms with E-state index in [4.69, 9.17) is 4.74 Å². The maximum absolute atomic E-state index is 5.26. The quantitative estimate of drug-likeness (QED) is 0.589. The van der Waals surface area contributed by atoms with Gasteiger partial charge in [-0.05, 0) is 19.8 Å². The van der Waals surface area contributed by atoms with Crippen molar-refractivity contribution in [3.63, 3.8) is 0 Å². The third-order valence-electron chi connectivity index (χ3n) is 1.97. The van der Waals surface area contributed by atoms with Gasteiger partial charge >= 0.3 is 0 Å². The Morgan fingerprint density at radius 2 is 2.40 bits per heavy atom. The zero-order valence-electron chi connectivity index (χ0n) is 8.73. The lowest BCUT2D eigenvalue weighted by Gasteiger charge is -1.97. The summed E-state index contributed by atoms with van der Waals surface area (Å²) in [6.45, 7) is 3.57. The fraction of sp³-hybridized carbons (Fsp3) is 0.778. The Balaban J connectivity index is 1.69. The molecule has 15 heavy (non-hydrogen) atoms. The third kappa shape index (κ3) is 3.96. The first-order valence-electron chi connectivity index (χ1n) is 5.19. The van der Waals surface area contributed by atoms with Gasteiger partial charge in [-0.3, -0.25) is 0 Å². The van der Waals surface area contributed by atoms with Gasteiger partial charge in [-0.2, -0.15) is 0 Å². The van der Waals surface area contributed by atoms with E-state index in [0.717, 1.165) is 28.4 Å². The Morgan fingerprint density at radius 3 is 3.13 bits per heavy atom. The smallest absolute Gasteiger partial charge is 0.206 e. The van der Waals surface area contributed by atoms with Crippen LogP contribution in [0.5, 0.6) is 0 Å². The summed E-state index contributed by atoms with van der Waals surface area (Å²) in [6, 6.07) is 0.652. The molecule has 1 aromatic rings. The van der Waals surface area contributed by atoms with Crippen molar-refractivity contribution in [2.75, 3.05) is 24.3 Å². The predicted octanol–water partition coefficient (Wildman–Crippen LogP) is 2.24. The number of rotatable bonds is 7. The molecule has 1 aliphatic carbocycles. The molecule has 0 atom stereocenters. The van der Waals surface area contributed by atoms with Crippen LogP contribution in [0.1, 0.15) is 19.8 Å². The van der Waals surface area contributed by atoms with Gasteiger partial charge in [0.25, 0.3) is 0 Å². The van der Waals surface area contributed by atoms with Gasteiger partial charge in [0.2, 0.25) is 5.13 Å². The van der Waals surface area contributed by atoms with Crippen molar-refractivity contribution >= 4 is 28.2 Å². The van der Waals surface area contributed by atoms with Crippen LogP contribution in [0.25, 0.3) is 0 Å². The maximum atomic E-state index is 5.26. The van der Waals surface area contributed by atoms with Crippen molar-refractivity contribution in [1.29, 1.82) is 0 Å². The average molecular weight is 245 g/mol. The lowest BCUT2D eigenvalue weighted by atomic mass is 10.7. The first-order chi connectivity index (χ1) is 7.38. The average Bonchev–Trinajstić information content (AvgIpc) is 2.93. The van der Waals surface area contributed by atoms with E-state index in [0.29, 0.717) is 6.04 Å². The molecule has 1 N–H and O–H groups in total. The van der Waals surface area contributed by atoms with Gasteiger partial charge in [0.1, 0.15) is 0 Å². The van der Waals surface area contributed by atoms with Crippen LogP contribution < -0.4 is 5.32 Å². The molecule has 0 unspecified atom stereocenters. The van der Waals surface area contributed by atoms with E-state index in [1.165, 1.54) is 12.8 Å². The van der Waals surface area contributed by atoms with Gasteiger partial charge < -0.3 is 10.1 Å². The fourth-order valence-corrected chi connectivity index (χ4v) is 2.81. The van der Waals surface area contributed by atoms with Crippen molar-refractivity contribution in [2.45, 2.75) is 30.1 Å². The second kappa shape index (κ2) is 5.67. The van der Waals surface area contributed by atoms with Crippen molar-refractivity contribution in [3.8, 4) is 0 Å². The summed E-state index contributed by atoms with van der Waals surface area (Å²) in [7, 11) is 0. The monoisotopic (exact) mass is 245 g/mol. The maximum Gasteiger partial charge on any atom is 0.206 e. The van der Waals surface area contributed by atoms with Crippen LogP contribution in [-0.4, -0.2) is 35.2 Å². The second-order valence-electron chi connectivity index (χ2n) is 3.34. The van der Waals surface area contributed by atoms with Crippen molar-refractivity contribution in [1.82, 2.24) is 10.2 Å². The Morgan fingerprint density at radius 1 is 1.53 bits per heavy atom. The molecular weight excluding hydrogens is 230 g/mol. The van der Waals surface area contributed by atoms with Gasteiger partial charge in [0.05, 0.1) is 6.61 Å². The highest BCUT2D eigenvalue weighted by Crippen LogP contribution is 2.29. The number of hydrogen-bond acceptors (Lipinski definition) is 6. The van der Waals surface area contributed by atoms with Crippen LogP contribution in [-0.2, 0) is 4.74 Å². The molecule has 2 rings (SSSR count). The normalized spacial score (nSPS) is 15.5. The number of anilines is 1. The summed E-state index contributed by atoms with van der Waals surface area (Å²) >= 11 is 3.34. The van der Waals surface area contributed by atoms with Gasteiger partial charge in [0.15, 0.2) is 4.34 Å². The van der Waals surface area contributed by atoms with Crippen molar-refractivity contribution in [3.05, 3.63) is 0 Å². The molecule has 1 saturated carbocycles. The lowest BCUT2D eigenvalue weighted by molar-refractivity contribution is 0.164. The van der Waals surface area contributed by atoms with Crippen molar-refractivity contribution in [2.24, 2.45) is 0 Å². The fourth-order valence-electron chi connectivity index (χ4n) is 1.06. The van der Waals surface area contributed by atoms with E-state index < -0.39 is 0 Å². The highest BCUT2D eigenvalue weighted by molar-refractivity contribution is 8.01. The molecule has 0 aliphatic heterocycles. The Kier molecular flexibility index (Phi) is 4.22. The summed E-state index contributed by atoms with van der Waals surface area (Å²) in [5.74, 6) is 0.950. The topological polar surface area (TPSA) is 47.0 Å². The molecule has 0 amide bonds. The largest absolute Gasteiger partial charge is 0.381 e. The number of ether oxygens (including phenoxy) is 1. The van der Waals surface area contributed by atoms with Crippen molar-refractivity contribution < 1.29 is 4.74 Å². The second-order valence-corrected chi connectivity index (χ2v) is 5.66. The molecule has 0 spiro atoms. The van der Waals surface area contributed by atoms with Crippen LogP contribution >= 0.6 is 23.1 Å². The molecule has 6 heteroatoms. The summed E-state index contributed by atoms with van der Waals surface area (Å²) in [4.78, 5) is 0. The number of aromatic nitrogens is 2. The number of nitrogens with zero attached hydrogens (tertiary/aromatic N) is 2. The third-order valence-corrected chi connectivity index (χ3v) is 3.92. The SMILES string of the molecule is CCOCCSc1nnc(NC2CC2)s1. The minimum Gasteiger partial charge on any atom is -0.381 e. The zero-order chi connectivity index (χ0) is 10.5. The summed E-state index contributed by atoms with van der Waals surface area (Å²) in [5, 5.41) is 12.5. The Labute approximate surface area is 97.8 Å². The molecule has 1 fully saturated rings. The number of thioether (sulfide) groups is 1. The standard InChI is InChI=1S/C9H15N3OS2/c1-2-13-5-6-14-9-12-11-8(15-9)10-7-3-4-7/h7H,2-6H2,1H3,(H,10,11). The van der Waals surface area contributed by atoms with Gasteiger partial charge in [0, 0.05) is 18.4 Å². The van der Waals surface area contributed by atoms with Crippen LogP contribution in [0.3, 0.4) is 0 Å². The molecule has 0 bridgehead atoms. The molecule has 84 valence electrons. The number of hydrogen-bond donors (Lipinski definition) is 1. The first kappa shape index (κ1) is 11.2. The molecule has 0 aromatic carbocycles. The first-order valence-corrected chi connectivity index (χ1v) is 6.99. The highest BCUT2D eigenvalue weighted by Gasteiger charge is 2.22. The van der Waals surface area contributed by atoms with E-state index in [2.05, 4.69) is 15.5 Å². The molecule has 0 saturated heterocycles. The van der Waals surface area contributed by atoms with E-state index in [-0.39, 0.29) is 0 Å². The molecule has 1 aromatic heterocycles. The Bertz CT molecular complexity index is 301. The molecule has 1 heterocycles. The Hall–Kier alpha value is -0.330. The summed E-state index contributed by atoms with van der Waals surface area (Å²) in [5.41, 5.74) is 0. The minimum absolute atomic E-state index is 0.652. The minimum atomic E-state index is 0.652. The molecular formula is C9H15N3OS2. The number of nitrogens with one attached hydrogen (secondary N) is 1.